The van der Waals surface area contributed by atoms with E-state index in [0.717, 1.165) is 18.4 Å². The molecule has 0 amide bonds. The van der Waals surface area contributed by atoms with Crippen molar-refractivity contribution >= 4 is 11.8 Å². The van der Waals surface area contributed by atoms with Gasteiger partial charge in [0.05, 0.1) is 0 Å². The van der Waals surface area contributed by atoms with Crippen molar-refractivity contribution in [1.82, 2.24) is 10.2 Å². The van der Waals surface area contributed by atoms with Crippen molar-refractivity contribution in [3.05, 3.63) is 30.3 Å². The monoisotopic (exact) mass is 306 g/mol. The number of hydrogen-bond acceptors (Lipinski definition) is 3. The second kappa shape index (κ2) is 9.50. The molecule has 2 rings (SSSR count). The summed E-state index contributed by atoms with van der Waals surface area (Å²) in [5, 5.41) is 3.63. The van der Waals surface area contributed by atoms with E-state index in [4.69, 9.17) is 0 Å². The molecule has 0 aromatic heterocycles. The van der Waals surface area contributed by atoms with Crippen LogP contribution in [0, 0.1) is 11.8 Å². The molecule has 118 valence electrons. The van der Waals surface area contributed by atoms with Crippen LogP contribution in [-0.2, 0) is 0 Å². The van der Waals surface area contributed by atoms with E-state index in [1.54, 1.807) is 0 Å². The first-order valence-corrected chi connectivity index (χ1v) is 9.33. The Morgan fingerprint density at radius 1 is 1.29 bits per heavy atom. The predicted molar refractivity (Wildman–Crippen MR) is 94.0 cm³/mol. The highest BCUT2D eigenvalue weighted by Crippen LogP contribution is 2.19. The molecule has 3 heteroatoms. The molecule has 1 aromatic rings. The molecule has 1 aliphatic rings. The highest BCUT2D eigenvalue weighted by Gasteiger charge is 2.19. The molecule has 1 heterocycles. The van der Waals surface area contributed by atoms with Crippen LogP contribution in [0.3, 0.4) is 0 Å². The third-order valence-corrected chi connectivity index (χ3v) is 5.00. The summed E-state index contributed by atoms with van der Waals surface area (Å²) in [7, 11) is 0. The molecule has 0 saturated carbocycles. The van der Waals surface area contributed by atoms with Crippen LogP contribution in [0.1, 0.15) is 26.7 Å². The molecule has 1 atom stereocenters. The first-order chi connectivity index (χ1) is 10.2. The zero-order valence-corrected chi connectivity index (χ0v) is 14.4. The minimum Gasteiger partial charge on any atom is -0.316 e. The third kappa shape index (κ3) is 6.86. The molecule has 0 spiro atoms. The number of nitrogens with one attached hydrogen (secondary N) is 1. The molecular formula is C18H30N2S. The first-order valence-electron chi connectivity index (χ1n) is 8.35. The van der Waals surface area contributed by atoms with Crippen molar-refractivity contribution in [1.29, 1.82) is 0 Å². The van der Waals surface area contributed by atoms with Crippen molar-refractivity contribution in [3.63, 3.8) is 0 Å². The summed E-state index contributed by atoms with van der Waals surface area (Å²) < 4.78 is 0. The fourth-order valence-electron chi connectivity index (χ4n) is 2.91. The molecule has 0 radical (unpaired) electrons. The Labute approximate surface area is 134 Å². The molecule has 1 N–H and O–H groups in total. The Balaban J connectivity index is 1.62. The Kier molecular flexibility index (Phi) is 7.62. The van der Waals surface area contributed by atoms with Crippen LogP contribution in [0.4, 0.5) is 0 Å². The van der Waals surface area contributed by atoms with Gasteiger partial charge in [-0.1, -0.05) is 32.0 Å². The molecule has 1 aliphatic heterocycles. The topological polar surface area (TPSA) is 15.3 Å². The van der Waals surface area contributed by atoms with E-state index in [1.807, 2.05) is 11.8 Å². The average Bonchev–Trinajstić information content (AvgIpc) is 2.48. The largest absolute Gasteiger partial charge is 0.316 e. The minimum atomic E-state index is 0.756. The predicted octanol–water partition coefficient (Wildman–Crippen LogP) is 3.74. The standard InChI is InChI=1S/C18H30N2S/c1-16(2)13-19-14-17-7-6-10-20(15-17)11-12-21-18-8-4-3-5-9-18/h3-5,8-9,16-17,19H,6-7,10-15H2,1-2H3. The summed E-state index contributed by atoms with van der Waals surface area (Å²) in [5.41, 5.74) is 0. The van der Waals surface area contributed by atoms with E-state index in [2.05, 4.69) is 54.4 Å². The maximum Gasteiger partial charge on any atom is 0.0108 e. The van der Waals surface area contributed by atoms with Crippen molar-refractivity contribution in [2.24, 2.45) is 11.8 Å². The van der Waals surface area contributed by atoms with E-state index in [0.29, 0.717) is 0 Å². The number of hydrogen-bond donors (Lipinski definition) is 1. The van der Waals surface area contributed by atoms with Crippen molar-refractivity contribution in [2.75, 3.05) is 38.5 Å². The maximum atomic E-state index is 3.63. The minimum absolute atomic E-state index is 0.756. The van der Waals surface area contributed by atoms with Gasteiger partial charge in [0.1, 0.15) is 0 Å². The molecule has 0 aliphatic carbocycles. The van der Waals surface area contributed by atoms with Gasteiger partial charge in [-0.3, -0.25) is 0 Å². The zero-order valence-electron chi connectivity index (χ0n) is 13.6. The van der Waals surface area contributed by atoms with E-state index in [-0.39, 0.29) is 0 Å². The van der Waals surface area contributed by atoms with Gasteiger partial charge in [0.15, 0.2) is 0 Å². The van der Waals surface area contributed by atoms with E-state index in [1.165, 1.54) is 49.7 Å². The van der Waals surface area contributed by atoms with Crippen molar-refractivity contribution < 1.29 is 0 Å². The van der Waals surface area contributed by atoms with Crippen molar-refractivity contribution in [2.45, 2.75) is 31.6 Å². The number of piperidine rings is 1. The van der Waals surface area contributed by atoms with Gasteiger partial charge < -0.3 is 10.2 Å². The highest BCUT2D eigenvalue weighted by atomic mass is 32.2. The lowest BCUT2D eigenvalue weighted by atomic mass is 9.98. The fraction of sp³-hybridized carbons (Fsp3) is 0.667. The Morgan fingerprint density at radius 2 is 2.10 bits per heavy atom. The number of thioether (sulfide) groups is 1. The van der Waals surface area contributed by atoms with E-state index >= 15 is 0 Å². The molecule has 1 aromatic carbocycles. The SMILES string of the molecule is CC(C)CNCC1CCCN(CCSc2ccccc2)C1. The normalized spacial score (nSPS) is 20.0. The Hall–Kier alpha value is -0.510. The lowest BCUT2D eigenvalue weighted by molar-refractivity contribution is 0.181. The van der Waals surface area contributed by atoms with Crippen LogP contribution < -0.4 is 5.32 Å². The Morgan fingerprint density at radius 3 is 2.86 bits per heavy atom. The maximum absolute atomic E-state index is 3.63. The van der Waals surface area contributed by atoms with Gasteiger partial charge in [-0.25, -0.2) is 0 Å². The van der Waals surface area contributed by atoms with Gasteiger partial charge >= 0.3 is 0 Å². The number of rotatable bonds is 8. The average molecular weight is 307 g/mol. The van der Waals surface area contributed by atoms with Crippen LogP contribution in [0.2, 0.25) is 0 Å². The summed E-state index contributed by atoms with van der Waals surface area (Å²) in [6.07, 6.45) is 2.76. The zero-order chi connectivity index (χ0) is 14.9. The second-order valence-electron chi connectivity index (χ2n) is 6.52. The van der Waals surface area contributed by atoms with Crippen LogP contribution in [-0.4, -0.2) is 43.4 Å². The lowest BCUT2D eigenvalue weighted by Gasteiger charge is -2.33. The fourth-order valence-corrected chi connectivity index (χ4v) is 3.84. The summed E-state index contributed by atoms with van der Waals surface area (Å²) in [6.45, 7) is 10.7. The smallest absolute Gasteiger partial charge is 0.0108 e. The summed E-state index contributed by atoms with van der Waals surface area (Å²) in [6, 6.07) is 10.8. The van der Waals surface area contributed by atoms with Gasteiger partial charge in [0.25, 0.3) is 0 Å². The van der Waals surface area contributed by atoms with Gasteiger partial charge in [0.2, 0.25) is 0 Å². The second-order valence-corrected chi connectivity index (χ2v) is 7.69. The van der Waals surface area contributed by atoms with Crippen LogP contribution in [0.15, 0.2) is 35.2 Å². The number of nitrogens with zero attached hydrogens (tertiary/aromatic N) is 1. The molecule has 1 saturated heterocycles. The third-order valence-electron chi connectivity index (χ3n) is 4.01. The summed E-state index contributed by atoms with van der Waals surface area (Å²) in [4.78, 5) is 4.05. The number of benzene rings is 1. The molecule has 0 bridgehead atoms. The van der Waals surface area contributed by atoms with Crippen LogP contribution in [0.25, 0.3) is 0 Å². The Bertz CT molecular complexity index is 380. The molecule has 1 fully saturated rings. The van der Waals surface area contributed by atoms with Gasteiger partial charge in [-0.15, -0.1) is 11.8 Å². The van der Waals surface area contributed by atoms with Gasteiger partial charge in [-0.2, -0.15) is 0 Å². The van der Waals surface area contributed by atoms with E-state index in [9.17, 15) is 0 Å². The summed E-state index contributed by atoms with van der Waals surface area (Å²) in [5.74, 6) is 2.81. The first kappa shape index (κ1) is 16.9. The molecule has 2 nitrogen and oxygen atoms in total. The molecule has 1 unspecified atom stereocenters. The van der Waals surface area contributed by atoms with Crippen LogP contribution in [0.5, 0.6) is 0 Å². The molecular weight excluding hydrogens is 276 g/mol. The lowest BCUT2D eigenvalue weighted by Crippen LogP contribution is -2.41. The van der Waals surface area contributed by atoms with E-state index < -0.39 is 0 Å². The van der Waals surface area contributed by atoms with Gasteiger partial charge in [0, 0.05) is 23.7 Å². The van der Waals surface area contributed by atoms with Crippen molar-refractivity contribution in [3.8, 4) is 0 Å². The number of likely N-dealkylation sites (tertiary alicyclic amines) is 1. The molecule has 21 heavy (non-hydrogen) atoms. The quantitative estimate of drug-likeness (QED) is 0.737. The highest BCUT2D eigenvalue weighted by molar-refractivity contribution is 7.99. The summed E-state index contributed by atoms with van der Waals surface area (Å²) >= 11 is 1.98. The van der Waals surface area contributed by atoms with Gasteiger partial charge in [-0.05, 0) is 56.4 Å². The van der Waals surface area contributed by atoms with Crippen LogP contribution >= 0.6 is 11.8 Å².